The zero-order valence-corrected chi connectivity index (χ0v) is 14.5. The van der Waals surface area contributed by atoms with E-state index in [2.05, 4.69) is 24.1 Å². The zero-order valence-electron chi connectivity index (χ0n) is 14.5. The van der Waals surface area contributed by atoms with Crippen molar-refractivity contribution >= 4 is 17.5 Å². The summed E-state index contributed by atoms with van der Waals surface area (Å²) in [4.78, 5) is 27.7. The summed E-state index contributed by atoms with van der Waals surface area (Å²) in [5, 5.41) is 3.05. The summed E-state index contributed by atoms with van der Waals surface area (Å²) in [5.41, 5.74) is 1.83. The van der Waals surface area contributed by atoms with Gasteiger partial charge in [-0.05, 0) is 44.0 Å². The van der Waals surface area contributed by atoms with Crippen LogP contribution in [0.1, 0.15) is 38.1 Å². The van der Waals surface area contributed by atoms with Crippen molar-refractivity contribution < 1.29 is 9.59 Å². The molecule has 1 fully saturated rings. The highest BCUT2D eigenvalue weighted by molar-refractivity contribution is 5.94. The number of rotatable bonds is 4. The van der Waals surface area contributed by atoms with Crippen LogP contribution in [0.25, 0.3) is 0 Å². The van der Waals surface area contributed by atoms with Crippen LogP contribution < -0.4 is 10.2 Å². The third-order valence-electron chi connectivity index (χ3n) is 4.56. The second-order valence-electron chi connectivity index (χ2n) is 6.56. The minimum Gasteiger partial charge on any atom is -0.368 e. The molecule has 23 heavy (non-hydrogen) atoms. The Morgan fingerprint density at radius 2 is 1.57 bits per heavy atom. The van der Waals surface area contributed by atoms with Crippen LogP contribution in [0.3, 0.4) is 0 Å². The normalized spacial score (nSPS) is 16.4. The molecule has 0 radical (unpaired) electrons. The maximum atomic E-state index is 12.2. The van der Waals surface area contributed by atoms with E-state index in [-0.39, 0.29) is 17.9 Å². The van der Waals surface area contributed by atoms with Crippen LogP contribution in [-0.4, -0.2) is 48.9 Å². The number of nitrogens with zero attached hydrogens (tertiary/aromatic N) is 2. The number of ketones is 1. The van der Waals surface area contributed by atoms with Crippen molar-refractivity contribution in [1.82, 2.24) is 10.2 Å². The van der Waals surface area contributed by atoms with Crippen molar-refractivity contribution in [2.45, 2.75) is 33.7 Å². The molecule has 2 rings (SSSR count). The fourth-order valence-electron chi connectivity index (χ4n) is 2.53. The van der Waals surface area contributed by atoms with Gasteiger partial charge in [-0.3, -0.25) is 4.79 Å². The van der Waals surface area contributed by atoms with E-state index in [4.69, 9.17) is 0 Å². The quantitative estimate of drug-likeness (QED) is 0.869. The number of Topliss-reactive ketones (excluding diaryl/α,β-unsaturated/α-hetero) is 1. The summed E-state index contributed by atoms with van der Waals surface area (Å²) in [6.07, 6.45) is 0. The molecular weight excluding hydrogens is 290 g/mol. The molecule has 1 aliphatic rings. The SMILES string of the molecule is CC(=O)c1ccc(N2CCN(C(=O)N[C@@H](C)C(C)C)CC2)cc1. The molecule has 1 heterocycles. The fourth-order valence-corrected chi connectivity index (χ4v) is 2.53. The largest absolute Gasteiger partial charge is 0.368 e. The highest BCUT2D eigenvalue weighted by Gasteiger charge is 2.22. The van der Waals surface area contributed by atoms with E-state index in [1.165, 1.54) is 0 Å². The van der Waals surface area contributed by atoms with E-state index in [9.17, 15) is 9.59 Å². The average Bonchev–Trinajstić information content (AvgIpc) is 2.55. The zero-order chi connectivity index (χ0) is 17.0. The third-order valence-corrected chi connectivity index (χ3v) is 4.56. The van der Waals surface area contributed by atoms with E-state index < -0.39 is 0 Å². The molecule has 126 valence electrons. The molecule has 1 aromatic rings. The number of anilines is 1. The number of urea groups is 1. The molecule has 0 bridgehead atoms. The Kier molecular flexibility index (Phi) is 5.64. The van der Waals surface area contributed by atoms with Crippen molar-refractivity contribution in [3.8, 4) is 0 Å². The number of carbonyl (C=O) groups is 2. The first-order valence-corrected chi connectivity index (χ1v) is 8.30. The first kappa shape index (κ1) is 17.3. The fraction of sp³-hybridized carbons (Fsp3) is 0.556. The van der Waals surface area contributed by atoms with Crippen LogP contribution in [0.15, 0.2) is 24.3 Å². The van der Waals surface area contributed by atoms with Gasteiger partial charge in [0.1, 0.15) is 0 Å². The Morgan fingerprint density at radius 1 is 1.00 bits per heavy atom. The molecule has 0 unspecified atom stereocenters. The number of hydrogen-bond donors (Lipinski definition) is 1. The molecule has 1 aliphatic heterocycles. The summed E-state index contributed by atoms with van der Waals surface area (Å²) in [6, 6.07) is 7.89. The van der Waals surface area contributed by atoms with Gasteiger partial charge in [-0.1, -0.05) is 13.8 Å². The van der Waals surface area contributed by atoms with Crippen molar-refractivity contribution in [2.75, 3.05) is 31.1 Å². The van der Waals surface area contributed by atoms with Gasteiger partial charge in [-0.2, -0.15) is 0 Å². The molecule has 1 aromatic carbocycles. The third kappa shape index (κ3) is 4.47. The standard InChI is InChI=1S/C18H27N3O2/c1-13(2)14(3)19-18(23)21-11-9-20(10-12-21)17-7-5-16(6-8-17)15(4)22/h5-8,13-14H,9-12H2,1-4H3,(H,19,23)/t14-/m0/s1. The summed E-state index contributed by atoms with van der Waals surface area (Å²) in [5.74, 6) is 0.511. The molecule has 1 saturated heterocycles. The van der Waals surface area contributed by atoms with Crippen molar-refractivity contribution in [2.24, 2.45) is 5.92 Å². The molecule has 5 heteroatoms. The molecule has 1 N–H and O–H groups in total. The first-order chi connectivity index (χ1) is 10.9. The molecule has 5 nitrogen and oxygen atoms in total. The predicted octanol–water partition coefficient (Wildman–Crippen LogP) is 2.77. The molecule has 0 spiro atoms. The van der Waals surface area contributed by atoms with E-state index >= 15 is 0 Å². The molecule has 0 saturated carbocycles. The second-order valence-corrected chi connectivity index (χ2v) is 6.56. The van der Waals surface area contributed by atoms with Gasteiger partial charge < -0.3 is 15.1 Å². The number of nitrogens with one attached hydrogen (secondary N) is 1. The minimum absolute atomic E-state index is 0.0257. The van der Waals surface area contributed by atoms with Gasteiger partial charge in [-0.15, -0.1) is 0 Å². The summed E-state index contributed by atoms with van der Waals surface area (Å²) in [7, 11) is 0. The highest BCUT2D eigenvalue weighted by Crippen LogP contribution is 2.18. The molecule has 0 aromatic heterocycles. The van der Waals surface area contributed by atoms with Gasteiger partial charge in [0.05, 0.1) is 0 Å². The lowest BCUT2D eigenvalue weighted by Gasteiger charge is -2.36. The second kappa shape index (κ2) is 7.49. The predicted molar refractivity (Wildman–Crippen MR) is 93.1 cm³/mol. The van der Waals surface area contributed by atoms with Crippen LogP contribution in [0.5, 0.6) is 0 Å². The molecule has 1 atom stereocenters. The summed E-state index contributed by atoms with van der Waals surface area (Å²) in [6.45, 7) is 10.9. The maximum absolute atomic E-state index is 12.2. The minimum atomic E-state index is 0.0257. The number of piperazine rings is 1. The number of amides is 2. The highest BCUT2D eigenvalue weighted by atomic mass is 16.2. The smallest absolute Gasteiger partial charge is 0.317 e. The lowest BCUT2D eigenvalue weighted by Crippen LogP contribution is -2.53. The van der Waals surface area contributed by atoms with Crippen molar-refractivity contribution in [3.05, 3.63) is 29.8 Å². The Hall–Kier alpha value is -2.04. The van der Waals surface area contributed by atoms with Gasteiger partial charge in [0.25, 0.3) is 0 Å². The Bertz CT molecular complexity index is 546. The Labute approximate surface area is 138 Å². The van der Waals surface area contributed by atoms with E-state index in [0.29, 0.717) is 19.0 Å². The number of carbonyl (C=O) groups excluding carboxylic acids is 2. The van der Waals surface area contributed by atoms with Crippen molar-refractivity contribution in [1.29, 1.82) is 0 Å². The van der Waals surface area contributed by atoms with Gasteiger partial charge in [0.15, 0.2) is 5.78 Å². The summed E-state index contributed by atoms with van der Waals surface area (Å²) < 4.78 is 0. The molecular formula is C18H27N3O2. The Morgan fingerprint density at radius 3 is 2.04 bits per heavy atom. The van der Waals surface area contributed by atoms with Crippen LogP contribution in [0.2, 0.25) is 0 Å². The lowest BCUT2D eigenvalue weighted by molar-refractivity contribution is 0.101. The van der Waals surface area contributed by atoms with Gasteiger partial charge in [-0.25, -0.2) is 4.79 Å². The van der Waals surface area contributed by atoms with Crippen molar-refractivity contribution in [3.63, 3.8) is 0 Å². The molecule has 2 amide bonds. The number of benzene rings is 1. The van der Waals surface area contributed by atoms with E-state index in [1.807, 2.05) is 36.1 Å². The van der Waals surface area contributed by atoms with Gasteiger partial charge in [0.2, 0.25) is 0 Å². The van der Waals surface area contributed by atoms with Crippen LogP contribution in [0.4, 0.5) is 10.5 Å². The maximum Gasteiger partial charge on any atom is 0.317 e. The van der Waals surface area contributed by atoms with Crippen LogP contribution >= 0.6 is 0 Å². The Balaban J connectivity index is 1.88. The topological polar surface area (TPSA) is 52.7 Å². The monoisotopic (exact) mass is 317 g/mol. The van der Waals surface area contributed by atoms with E-state index in [0.717, 1.165) is 24.3 Å². The lowest BCUT2D eigenvalue weighted by atomic mass is 10.1. The average molecular weight is 317 g/mol. The molecule has 0 aliphatic carbocycles. The van der Waals surface area contributed by atoms with E-state index in [1.54, 1.807) is 6.92 Å². The van der Waals surface area contributed by atoms with Crippen LogP contribution in [-0.2, 0) is 0 Å². The van der Waals surface area contributed by atoms with Gasteiger partial charge in [0, 0.05) is 43.5 Å². The first-order valence-electron chi connectivity index (χ1n) is 8.30. The van der Waals surface area contributed by atoms with Gasteiger partial charge >= 0.3 is 6.03 Å². The van der Waals surface area contributed by atoms with Crippen LogP contribution in [0, 0.1) is 5.92 Å². The summed E-state index contributed by atoms with van der Waals surface area (Å²) >= 11 is 0. The number of hydrogen-bond acceptors (Lipinski definition) is 3.